The molecule has 0 spiro atoms. The van der Waals surface area contributed by atoms with Gasteiger partial charge in [0.15, 0.2) is 20.8 Å². The number of ether oxygens (including phenoxy) is 5. The van der Waals surface area contributed by atoms with E-state index in [-0.39, 0.29) is 10.6 Å². The van der Waals surface area contributed by atoms with Gasteiger partial charge in [-0.15, -0.1) is 0 Å². The number of amidine groups is 1. The highest BCUT2D eigenvalue weighted by Crippen LogP contribution is 2.47. The predicted molar refractivity (Wildman–Crippen MR) is 139 cm³/mol. The van der Waals surface area contributed by atoms with Crippen molar-refractivity contribution in [3.63, 3.8) is 0 Å². The summed E-state index contributed by atoms with van der Waals surface area (Å²) in [6.07, 6.45) is -2.81. The number of fused-ring (bicyclic) bond motifs is 3. The molecule has 1 aromatic rings. The van der Waals surface area contributed by atoms with Crippen molar-refractivity contribution in [3.05, 3.63) is 30.3 Å². The number of hydrogen-bond acceptors (Lipinski definition) is 10. The van der Waals surface area contributed by atoms with Crippen LogP contribution >= 0.6 is 11.8 Å². The second-order valence-electron chi connectivity index (χ2n) is 11.0. The zero-order valence-electron chi connectivity index (χ0n) is 22.5. The molecule has 6 atom stereocenters. The van der Waals surface area contributed by atoms with Crippen molar-refractivity contribution in [2.45, 2.75) is 93.2 Å². The minimum absolute atomic E-state index is 0.204. The maximum Gasteiger partial charge on any atom is 0.416 e. The first-order valence-electron chi connectivity index (χ1n) is 12.1. The van der Waals surface area contributed by atoms with Crippen LogP contribution in [-0.4, -0.2) is 91.3 Å². The Kier molecular flexibility index (Phi) is 7.50. The van der Waals surface area contributed by atoms with Crippen LogP contribution in [0.4, 0.5) is 4.79 Å². The minimum atomic E-state index is -3.70. The largest absolute Gasteiger partial charge is 0.443 e. The van der Waals surface area contributed by atoms with Crippen LogP contribution in [0, 0.1) is 0 Å². The van der Waals surface area contributed by atoms with Crippen LogP contribution in [0.1, 0.15) is 41.5 Å². The van der Waals surface area contributed by atoms with Crippen molar-refractivity contribution in [1.29, 1.82) is 0 Å². The molecule has 0 N–H and O–H groups in total. The Morgan fingerprint density at radius 1 is 1.14 bits per heavy atom. The summed E-state index contributed by atoms with van der Waals surface area (Å²) in [7, 11) is -0.586. The highest BCUT2D eigenvalue weighted by atomic mass is 32.2. The summed E-state index contributed by atoms with van der Waals surface area (Å²) in [6, 6.07) is 7.68. The van der Waals surface area contributed by atoms with Crippen LogP contribution in [0.5, 0.6) is 0 Å². The van der Waals surface area contributed by atoms with Gasteiger partial charge in [0.05, 0.1) is 10.6 Å². The molecule has 3 aliphatic rings. The number of aliphatic imine (C=N–C) groups is 1. The minimum Gasteiger partial charge on any atom is -0.443 e. The molecular weight excluding hydrogens is 520 g/mol. The number of methoxy groups -OCH3 is 1. The summed E-state index contributed by atoms with van der Waals surface area (Å²) < 4.78 is 57.1. The van der Waals surface area contributed by atoms with Crippen LogP contribution in [0.3, 0.4) is 0 Å². The fourth-order valence-corrected chi connectivity index (χ4v) is 7.10. The smallest absolute Gasteiger partial charge is 0.416 e. The second kappa shape index (κ2) is 9.80. The highest BCUT2D eigenvalue weighted by molar-refractivity contribution is 8.14. The number of thioether (sulfide) groups is 1. The zero-order chi connectivity index (χ0) is 27.4. The van der Waals surface area contributed by atoms with Gasteiger partial charge in [-0.25, -0.2) is 13.2 Å². The number of hydrogen-bond donors (Lipinski definition) is 0. The molecule has 37 heavy (non-hydrogen) atoms. The van der Waals surface area contributed by atoms with Crippen molar-refractivity contribution >= 4 is 32.9 Å². The molecular formula is C25H36N2O8S2. The maximum absolute atomic E-state index is 13.3. The third-order valence-electron chi connectivity index (χ3n) is 6.81. The molecule has 206 valence electrons. The predicted octanol–water partition coefficient (Wildman–Crippen LogP) is 3.45. The molecule has 2 saturated heterocycles. The number of amides is 1. The van der Waals surface area contributed by atoms with Crippen LogP contribution in [0.25, 0.3) is 0 Å². The van der Waals surface area contributed by atoms with E-state index in [0.29, 0.717) is 5.17 Å². The van der Waals surface area contributed by atoms with E-state index in [4.69, 9.17) is 28.7 Å². The lowest BCUT2D eigenvalue weighted by atomic mass is 9.90. The van der Waals surface area contributed by atoms with E-state index in [0.717, 1.165) is 0 Å². The number of carbonyl (C=O) groups excluding carboxylic acids is 1. The van der Waals surface area contributed by atoms with Crippen molar-refractivity contribution in [3.8, 4) is 0 Å². The first kappa shape index (κ1) is 28.3. The Morgan fingerprint density at radius 3 is 2.38 bits per heavy atom. The number of nitrogens with zero attached hydrogens (tertiary/aromatic N) is 2. The topological polar surface area (TPSA) is 113 Å². The number of rotatable bonds is 4. The molecule has 0 aliphatic carbocycles. The molecule has 3 aliphatic heterocycles. The highest BCUT2D eigenvalue weighted by Gasteiger charge is 2.62. The lowest BCUT2D eigenvalue weighted by molar-refractivity contribution is -0.402. The summed E-state index contributed by atoms with van der Waals surface area (Å²) in [6.45, 7) is 10.8. The molecule has 2 fully saturated rings. The molecule has 12 heteroatoms. The first-order chi connectivity index (χ1) is 17.1. The zero-order valence-corrected chi connectivity index (χ0v) is 24.1. The summed E-state index contributed by atoms with van der Waals surface area (Å²) in [4.78, 5) is 19.0. The Labute approximate surface area is 222 Å². The second-order valence-corrected chi connectivity index (χ2v) is 14.1. The van der Waals surface area contributed by atoms with E-state index in [9.17, 15) is 13.2 Å². The monoisotopic (exact) mass is 556 g/mol. The van der Waals surface area contributed by atoms with Crippen LogP contribution in [0.2, 0.25) is 0 Å². The fraction of sp³-hybridized carbons (Fsp3) is 0.680. The maximum atomic E-state index is 13.3. The summed E-state index contributed by atoms with van der Waals surface area (Å²) in [5, 5.41) is 0.391. The van der Waals surface area contributed by atoms with Gasteiger partial charge in [0, 0.05) is 14.2 Å². The number of sulfone groups is 1. The SMILES string of the molecule is CO[C@@]1(C)O[C@@H]2[C@H]3N=C(N(C)C(=O)OC(C)(C)C)S[C@H]3O[C@H](CS(=O)(=O)c3ccccc3)[C@H]2OC1(C)C. The molecule has 0 unspecified atom stereocenters. The van der Waals surface area contributed by atoms with Crippen molar-refractivity contribution in [2.75, 3.05) is 19.9 Å². The Bertz CT molecular complexity index is 1150. The van der Waals surface area contributed by atoms with Gasteiger partial charge in [0.25, 0.3) is 0 Å². The van der Waals surface area contributed by atoms with Gasteiger partial charge in [-0.3, -0.25) is 9.89 Å². The molecule has 0 bridgehead atoms. The molecule has 1 aromatic carbocycles. The van der Waals surface area contributed by atoms with Gasteiger partial charge >= 0.3 is 6.09 Å². The number of carbonyl (C=O) groups is 1. The third kappa shape index (κ3) is 5.55. The van der Waals surface area contributed by atoms with Crippen molar-refractivity contribution in [2.24, 2.45) is 4.99 Å². The molecule has 3 heterocycles. The van der Waals surface area contributed by atoms with Crippen LogP contribution in [0.15, 0.2) is 40.2 Å². The van der Waals surface area contributed by atoms with Crippen LogP contribution in [-0.2, 0) is 33.5 Å². The van der Waals surface area contributed by atoms with Crippen molar-refractivity contribution in [1.82, 2.24) is 4.90 Å². The Balaban J connectivity index is 1.65. The third-order valence-corrected chi connectivity index (χ3v) is 9.78. The van der Waals surface area contributed by atoms with E-state index in [1.807, 2.05) is 13.8 Å². The number of benzene rings is 1. The Morgan fingerprint density at radius 2 is 1.78 bits per heavy atom. The van der Waals surface area contributed by atoms with E-state index in [1.165, 1.54) is 23.8 Å². The van der Waals surface area contributed by atoms with E-state index >= 15 is 0 Å². The van der Waals surface area contributed by atoms with E-state index < -0.39 is 62.7 Å². The lowest BCUT2D eigenvalue weighted by Gasteiger charge is -2.56. The molecule has 4 rings (SSSR count). The quantitative estimate of drug-likeness (QED) is 0.550. The molecule has 0 aromatic heterocycles. The van der Waals surface area contributed by atoms with Crippen molar-refractivity contribution < 1.29 is 36.9 Å². The average molecular weight is 557 g/mol. The Hall–Kier alpha value is -1.70. The fourth-order valence-electron chi connectivity index (χ4n) is 4.46. The van der Waals surface area contributed by atoms with Gasteiger partial charge in [-0.05, 0) is 53.7 Å². The van der Waals surface area contributed by atoms with Gasteiger partial charge in [-0.1, -0.05) is 30.0 Å². The van der Waals surface area contributed by atoms with E-state index in [2.05, 4.69) is 0 Å². The summed E-state index contributed by atoms with van der Waals surface area (Å²) in [5.41, 5.74) is -2.19. The first-order valence-corrected chi connectivity index (χ1v) is 14.7. The lowest BCUT2D eigenvalue weighted by Crippen LogP contribution is -2.70. The standard InChI is InChI=1S/C25H36N2O8S2/c1-23(2,3)35-22(28)27(7)21-26-17-19-18(33-24(4,5)25(6,31-8)34-19)16(32-20(17)36-21)14-37(29,30)15-12-10-9-11-13-15/h9-13,16-20H,14H2,1-8H3/t16-,17-,18-,19-,20-,25+/m1/s1. The molecule has 0 radical (unpaired) electrons. The van der Waals surface area contributed by atoms with Gasteiger partial charge in [-0.2, -0.15) is 0 Å². The normalized spacial score (nSPS) is 33.2. The van der Waals surface area contributed by atoms with Gasteiger partial charge in [0.1, 0.15) is 41.0 Å². The van der Waals surface area contributed by atoms with E-state index in [1.54, 1.807) is 65.1 Å². The van der Waals surface area contributed by atoms with Crippen LogP contribution < -0.4 is 0 Å². The average Bonchev–Trinajstić information content (AvgIpc) is 3.23. The van der Waals surface area contributed by atoms with Gasteiger partial charge < -0.3 is 23.7 Å². The summed E-state index contributed by atoms with van der Waals surface area (Å²) in [5.74, 6) is -1.43. The molecule has 0 saturated carbocycles. The molecule has 1 amide bonds. The summed E-state index contributed by atoms with van der Waals surface area (Å²) >= 11 is 1.23. The van der Waals surface area contributed by atoms with Gasteiger partial charge in [0.2, 0.25) is 0 Å². The molecule has 10 nitrogen and oxygen atoms in total.